The summed E-state index contributed by atoms with van der Waals surface area (Å²) >= 11 is 8.53. The fourth-order valence-corrected chi connectivity index (χ4v) is 2.80. The zero-order valence-electron chi connectivity index (χ0n) is 8.48. The van der Waals surface area contributed by atoms with Gasteiger partial charge in [-0.1, -0.05) is 18.5 Å². The topological polar surface area (TPSA) is 64.7 Å². The van der Waals surface area contributed by atoms with Crippen LogP contribution in [-0.2, 0) is 6.42 Å². The molecule has 84 valence electrons. The summed E-state index contributed by atoms with van der Waals surface area (Å²) in [5, 5.41) is 1.25. The SMILES string of the molecule is CCc1nsc(Sc2ncc(Cl)cc2N)n1. The van der Waals surface area contributed by atoms with Crippen LogP contribution in [0, 0.1) is 0 Å². The lowest BCUT2D eigenvalue weighted by Gasteiger charge is -2.01. The highest BCUT2D eigenvalue weighted by atomic mass is 35.5. The highest BCUT2D eigenvalue weighted by Crippen LogP contribution is 2.32. The van der Waals surface area contributed by atoms with Crippen molar-refractivity contribution in [2.75, 3.05) is 5.73 Å². The van der Waals surface area contributed by atoms with E-state index in [2.05, 4.69) is 14.3 Å². The Morgan fingerprint density at radius 3 is 3.00 bits per heavy atom. The third kappa shape index (κ3) is 2.63. The van der Waals surface area contributed by atoms with Crippen molar-refractivity contribution in [3.63, 3.8) is 0 Å². The van der Waals surface area contributed by atoms with Gasteiger partial charge in [0.2, 0.25) is 0 Å². The first-order valence-corrected chi connectivity index (χ1v) is 6.57. The second-order valence-electron chi connectivity index (χ2n) is 2.98. The molecule has 0 atom stereocenters. The van der Waals surface area contributed by atoms with Crippen LogP contribution in [0.5, 0.6) is 0 Å². The van der Waals surface area contributed by atoms with Gasteiger partial charge < -0.3 is 5.73 Å². The number of aromatic nitrogens is 3. The number of halogens is 1. The molecule has 0 unspecified atom stereocenters. The summed E-state index contributed by atoms with van der Waals surface area (Å²) in [4.78, 5) is 8.48. The van der Waals surface area contributed by atoms with E-state index in [1.54, 1.807) is 12.3 Å². The molecule has 2 N–H and O–H groups in total. The van der Waals surface area contributed by atoms with Gasteiger partial charge in [0.1, 0.15) is 10.9 Å². The molecule has 0 radical (unpaired) electrons. The van der Waals surface area contributed by atoms with Gasteiger partial charge in [-0.2, -0.15) is 4.37 Å². The Balaban J connectivity index is 2.20. The predicted octanol–water partition coefficient (Wildman–Crippen LogP) is 2.88. The number of hydrogen-bond donors (Lipinski definition) is 1. The van der Waals surface area contributed by atoms with Gasteiger partial charge in [-0.05, 0) is 29.4 Å². The number of nitrogen functional groups attached to an aromatic ring is 1. The van der Waals surface area contributed by atoms with Crippen molar-refractivity contribution in [1.82, 2.24) is 14.3 Å². The second kappa shape index (κ2) is 4.99. The second-order valence-corrected chi connectivity index (χ2v) is 5.40. The Hall–Kier alpha value is -0.850. The third-order valence-electron chi connectivity index (χ3n) is 1.80. The molecular formula is C9H9ClN4S2. The van der Waals surface area contributed by atoms with Crippen molar-refractivity contribution >= 4 is 40.6 Å². The Morgan fingerprint density at radius 2 is 2.38 bits per heavy atom. The Kier molecular flexibility index (Phi) is 3.63. The molecule has 2 aromatic heterocycles. The summed E-state index contributed by atoms with van der Waals surface area (Å²) in [6.45, 7) is 2.02. The molecule has 2 heterocycles. The van der Waals surface area contributed by atoms with E-state index in [0.29, 0.717) is 15.7 Å². The average molecular weight is 273 g/mol. The van der Waals surface area contributed by atoms with Crippen LogP contribution in [0.3, 0.4) is 0 Å². The molecule has 7 heteroatoms. The standard InChI is InChI=1S/C9H9ClN4S2/c1-2-7-13-9(16-14-7)15-8-6(11)3-5(10)4-12-8/h3-4H,2,11H2,1H3. The van der Waals surface area contributed by atoms with Crippen molar-refractivity contribution in [2.24, 2.45) is 0 Å². The maximum Gasteiger partial charge on any atom is 0.176 e. The molecule has 0 saturated carbocycles. The smallest absolute Gasteiger partial charge is 0.176 e. The van der Waals surface area contributed by atoms with Gasteiger partial charge in [-0.15, -0.1) is 0 Å². The van der Waals surface area contributed by atoms with E-state index < -0.39 is 0 Å². The average Bonchev–Trinajstić information content (AvgIpc) is 2.70. The number of pyridine rings is 1. The molecule has 0 aliphatic heterocycles. The molecular weight excluding hydrogens is 264 g/mol. The predicted molar refractivity (Wildman–Crippen MR) is 67.1 cm³/mol. The van der Waals surface area contributed by atoms with Crippen LogP contribution in [0.15, 0.2) is 21.6 Å². The molecule has 0 bridgehead atoms. The maximum atomic E-state index is 5.80. The molecule has 0 aromatic carbocycles. The van der Waals surface area contributed by atoms with Crippen molar-refractivity contribution in [1.29, 1.82) is 0 Å². The Morgan fingerprint density at radius 1 is 1.56 bits per heavy atom. The summed E-state index contributed by atoms with van der Waals surface area (Å²) in [6.07, 6.45) is 2.41. The minimum Gasteiger partial charge on any atom is -0.396 e. The molecule has 0 spiro atoms. The minimum absolute atomic E-state index is 0.536. The van der Waals surface area contributed by atoms with Crippen molar-refractivity contribution in [3.8, 4) is 0 Å². The van der Waals surface area contributed by atoms with Gasteiger partial charge in [-0.25, -0.2) is 9.97 Å². The van der Waals surface area contributed by atoms with E-state index in [1.807, 2.05) is 6.92 Å². The lowest BCUT2D eigenvalue weighted by molar-refractivity contribution is 0.970. The van der Waals surface area contributed by atoms with E-state index in [4.69, 9.17) is 17.3 Å². The summed E-state index contributed by atoms with van der Waals surface area (Å²) in [7, 11) is 0. The fourth-order valence-electron chi connectivity index (χ4n) is 1.03. The van der Waals surface area contributed by atoms with Gasteiger partial charge in [0.05, 0.1) is 10.7 Å². The number of aryl methyl sites for hydroxylation is 1. The molecule has 0 saturated heterocycles. The van der Waals surface area contributed by atoms with Crippen LogP contribution in [0.2, 0.25) is 5.02 Å². The molecule has 4 nitrogen and oxygen atoms in total. The zero-order chi connectivity index (χ0) is 11.5. The first-order chi connectivity index (χ1) is 7.69. The zero-order valence-corrected chi connectivity index (χ0v) is 10.9. The van der Waals surface area contributed by atoms with Crippen LogP contribution in [0.4, 0.5) is 5.69 Å². The summed E-state index contributed by atoms with van der Waals surface area (Å²) in [6, 6.07) is 1.68. The molecule has 0 fully saturated rings. The van der Waals surface area contributed by atoms with E-state index in [0.717, 1.165) is 16.6 Å². The van der Waals surface area contributed by atoms with Gasteiger partial charge >= 0.3 is 0 Å². The molecule has 2 aromatic rings. The van der Waals surface area contributed by atoms with Crippen LogP contribution < -0.4 is 5.73 Å². The van der Waals surface area contributed by atoms with Crippen molar-refractivity contribution in [3.05, 3.63) is 23.1 Å². The van der Waals surface area contributed by atoms with Gasteiger partial charge in [0, 0.05) is 12.6 Å². The molecule has 0 amide bonds. The Labute approximate surface area is 106 Å². The number of hydrogen-bond acceptors (Lipinski definition) is 6. The molecule has 0 aliphatic carbocycles. The van der Waals surface area contributed by atoms with Gasteiger partial charge in [0.25, 0.3) is 0 Å². The summed E-state index contributed by atoms with van der Waals surface area (Å²) < 4.78 is 5.04. The van der Waals surface area contributed by atoms with Crippen molar-refractivity contribution < 1.29 is 0 Å². The summed E-state index contributed by atoms with van der Waals surface area (Å²) in [5.74, 6) is 0.847. The van der Waals surface area contributed by atoms with Crippen LogP contribution >= 0.6 is 34.9 Å². The number of anilines is 1. The number of rotatable bonds is 3. The van der Waals surface area contributed by atoms with Crippen molar-refractivity contribution in [2.45, 2.75) is 22.7 Å². The van der Waals surface area contributed by atoms with E-state index in [9.17, 15) is 0 Å². The van der Waals surface area contributed by atoms with E-state index >= 15 is 0 Å². The minimum atomic E-state index is 0.536. The monoisotopic (exact) mass is 272 g/mol. The third-order valence-corrected chi connectivity index (χ3v) is 3.83. The van der Waals surface area contributed by atoms with Gasteiger partial charge in [0.15, 0.2) is 4.34 Å². The molecule has 16 heavy (non-hydrogen) atoms. The van der Waals surface area contributed by atoms with Gasteiger partial charge in [-0.3, -0.25) is 0 Å². The highest BCUT2D eigenvalue weighted by Gasteiger charge is 2.08. The largest absolute Gasteiger partial charge is 0.396 e. The maximum absolute atomic E-state index is 5.80. The van der Waals surface area contributed by atoms with Crippen LogP contribution in [-0.4, -0.2) is 14.3 Å². The highest BCUT2D eigenvalue weighted by molar-refractivity contribution is 8.01. The lowest BCUT2D eigenvalue weighted by atomic mass is 10.4. The van der Waals surface area contributed by atoms with E-state index in [1.165, 1.54) is 23.3 Å². The molecule has 2 rings (SSSR count). The fraction of sp³-hybridized carbons (Fsp3) is 0.222. The first-order valence-electron chi connectivity index (χ1n) is 4.60. The Bertz CT molecular complexity index is 500. The quantitative estimate of drug-likeness (QED) is 0.931. The number of nitrogens with zero attached hydrogens (tertiary/aromatic N) is 3. The van der Waals surface area contributed by atoms with Crippen LogP contribution in [0.25, 0.3) is 0 Å². The lowest BCUT2D eigenvalue weighted by Crippen LogP contribution is -1.91. The first kappa shape index (κ1) is 11.6. The normalized spacial score (nSPS) is 10.6. The molecule has 0 aliphatic rings. The van der Waals surface area contributed by atoms with Crippen LogP contribution in [0.1, 0.15) is 12.7 Å². The summed E-state index contributed by atoms with van der Waals surface area (Å²) in [5.41, 5.74) is 6.36. The number of nitrogens with two attached hydrogens (primary N) is 1. The van der Waals surface area contributed by atoms with E-state index in [-0.39, 0.29) is 0 Å².